The first-order valence-corrected chi connectivity index (χ1v) is 12.6. The third-order valence-corrected chi connectivity index (χ3v) is 7.22. The van der Waals surface area contributed by atoms with E-state index in [0.717, 1.165) is 27.6 Å². The lowest BCUT2D eigenvalue weighted by atomic mass is 9.96. The molecule has 2 aliphatic rings. The SMILES string of the molecule is CCOC(=O)C1CCN(c2nc(-c3ccccn3)nc3c2CN(C(=O)c2cccs2)CC3)CC1. The highest BCUT2D eigenvalue weighted by molar-refractivity contribution is 7.12. The van der Waals surface area contributed by atoms with Gasteiger partial charge >= 0.3 is 5.97 Å². The summed E-state index contributed by atoms with van der Waals surface area (Å²) in [6.07, 6.45) is 3.84. The van der Waals surface area contributed by atoms with E-state index in [1.165, 1.54) is 11.3 Å². The molecule has 0 aliphatic carbocycles. The first-order chi connectivity index (χ1) is 16.6. The molecule has 5 rings (SSSR count). The second kappa shape index (κ2) is 9.89. The van der Waals surface area contributed by atoms with E-state index in [1.54, 1.807) is 6.20 Å². The third-order valence-electron chi connectivity index (χ3n) is 6.37. The summed E-state index contributed by atoms with van der Waals surface area (Å²) in [7, 11) is 0. The summed E-state index contributed by atoms with van der Waals surface area (Å²) in [4.78, 5) is 44.4. The zero-order valence-electron chi connectivity index (χ0n) is 19.1. The van der Waals surface area contributed by atoms with Crippen LogP contribution in [-0.2, 0) is 22.5 Å². The van der Waals surface area contributed by atoms with E-state index < -0.39 is 0 Å². The Morgan fingerprint density at radius 2 is 1.97 bits per heavy atom. The molecule has 3 aromatic heterocycles. The molecule has 176 valence electrons. The number of carbonyl (C=O) groups excluding carboxylic acids is 2. The summed E-state index contributed by atoms with van der Waals surface area (Å²) in [5, 5.41) is 1.92. The van der Waals surface area contributed by atoms with Crippen molar-refractivity contribution in [2.75, 3.05) is 31.1 Å². The van der Waals surface area contributed by atoms with Crippen LogP contribution in [0.15, 0.2) is 41.9 Å². The molecule has 1 amide bonds. The van der Waals surface area contributed by atoms with Crippen LogP contribution in [0.1, 0.15) is 40.7 Å². The lowest BCUT2D eigenvalue weighted by molar-refractivity contribution is -0.148. The van der Waals surface area contributed by atoms with Crippen LogP contribution in [-0.4, -0.2) is 58.0 Å². The number of thiophene rings is 1. The Bertz CT molecular complexity index is 1160. The number of pyridine rings is 1. The standard InChI is InChI=1S/C25H27N5O3S/c1-2-33-25(32)17-8-12-29(13-9-17)23-18-16-30(24(31)21-7-5-15-34-21)14-10-19(18)27-22(28-23)20-6-3-4-11-26-20/h3-7,11,15,17H,2,8-10,12-14,16H2,1H3. The van der Waals surface area contributed by atoms with E-state index in [4.69, 9.17) is 14.7 Å². The second-order valence-corrected chi connectivity index (χ2v) is 9.43. The molecule has 1 fully saturated rings. The fourth-order valence-corrected chi connectivity index (χ4v) is 5.28. The summed E-state index contributed by atoms with van der Waals surface area (Å²) < 4.78 is 5.23. The number of esters is 1. The molecule has 0 atom stereocenters. The number of fused-ring (bicyclic) bond motifs is 1. The minimum Gasteiger partial charge on any atom is -0.466 e. The molecule has 0 bridgehead atoms. The van der Waals surface area contributed by atoms with E-state index in [9.17, 15) is 9.59 Å². The summed E-state index contributed by atoms with van der Waals surface area (Å²) >= 11 is 1.46. The van der Waals surface area contributed by atoms with Crippen molar-refractivity contribution in [2.24, 2.45) is 5.92 Å². The molecule has 34 heavy (non-hydrogen) atoms. The molecule has 0 unspecified atom stereocenters. The molecule has 2 aliphatic heterocycles. The summed E-state index contributed by atoms with van der Waals surface area (Å²) in [5.41, 5.74) is 2.68. The Labute approximate surface area is 202 Å². The number of anilines is 1. The molecule has 1 saturated heterocycles. The quantitative estimate of drug-likeness (QED) is 0.519. The van der Waals surface area contributed by atoms with Gasteiger partial charge in [0.2, 0.25) is 0 Å². The van der Waals surface area contributed by atoms with Gasteiger partial charge < -0.3 is 14.5 Å². The Hall–Kier alpha value is -3.33. The number of carbonyl (C=O) groups is 2. The van der Waals surface area contributed by atoms with Gasteiger partial charge in [0.1, 0.15) is 11.5 Å². The van der Waals surface area contributed by atoms with Crippen molar-refractivity contribution >= 4 is 29.0 Å². The largest absolute Gasteiger partial charge is 0.466 e. The van der Waals surface area contributed by atoms with Gasteiger partial charge in [0.25, 0.3) is 5.91 Å². The van der Waals surface area contributed by atoms with E-state index in [0.29, 0.717) is 57.9 Å². The number of hydrogen-bond acceptors (Lipinski definition) is 8. The number of nitrogens with zero attached hydrogens (tertiary/aromatic N) is 5. The number of amides is 1. The van der Waals surface area contributed by atoms with E-state index in [2.05, 4.69) is 9.88 Å². The van der Waals surface area contributed by atoms with Gasteiger partial charge in [-0.3, -0.25) is 14.6 Å². The molecule has 0 spiro atoms. The molecule has 9 heteroatoms. The highest BCUT2D eigenvalue weighted by Gasteiger charge is 2.32. The highest BCUT2D eigenvalue weighted by Crippen LogP contribution is 2.32. The van der Waals surface area contributed by atoms with Crippen LogP contribution in [0.4, 0.5) is 5.82 Å². The predicted molar refractivity (Wildman–Crippen MR) is 130 cm³/mol. The van der Waals surface area contributed by atoms with Gasteiger partial charge in [0.15, 0.2) is 5.82 Å². The average molecular weight is 478 g/mol. The van der Waals surface area contributed by atoms with E-state index in [1.807, 2.05) is 47.5 Å². The van der Waals surface area contributed by atoms with Gasteiger partial charge in [0, 0.05) is 37.8 Å². The number of rotatable bonds is 5. The topological polar surface area (TPSA) is 88.5 Å². The van der Waals surface area contributed by atoms with Crippen molar-refractivity contribution in [1.29, 1.82) is 0 Å². The fraction of sp³-hybridized carbons (Fsp3) is 0.400. The first kappa shape index (κ1) is 22.5. The zero-order valence-corrected chi connectivity index (χ0v) is 20.0. The Kier molecular flexibility index (Phi) is 6.53. The van der Waals surface area contributed by atoms with Crippen molar-refractivity contribution in [3.8, 4) is 11.5 Å². The lowest BCUT2D eigenvalue weighted by Crippen LogP contribution is -2.41. The Morgan fingerprint density at radius 3 is 2.68 bits per heavy atom. The average Bonchev–Trinajstić information content (AvgIpc) is 3.43. The Balaban J connectivity index is 1.46. The molecule has 0 N–H and O–H groups in total. The first-order valence-electron chi connectivity index (χ1n) is 11.7. The molecule has 5 heterocycles. The van der Waals surface area contributed by atoms with Gasteiger partial charge in [-0.1, -0.05) is 12.1 Å². The summed E-state index contributed by atoms with van der Waals surface area (Å²) in [6, 6.07) is 9.48. The predicted octanol–water partition coefficient (Wildman–Crippen LogP) is 3.58. The minimum absolute atomic E-state index is 0.0430. The maximum Gasteiger partial charge on any atom is 0.309 e. The second-order valence-electron chi connectivity index (χ2n) is 8.48. The molecular weight excluding hydrogens is 450 g/mol. The summed E-state index contributed by atoms with van der Waals surface area (Å²) in [5.74, 6) is 1.28. The number of ether oxygens (including phenoxy) is 1. The lowest BCUT2D eigenvalue weighted by Gasteiger charge is -2.36. The maximum atomic E-state index is 13.0. The maximum absolute atomic E-state index is 13.0. The minimum atomic E-state index is -0.117. The van der Waals surface area contributed by atoms with Crippen LogP contribution in [0.5, 0.6) is 0 Å². The molecule has 8 nitrogen and oxygen atoms in total. The van der Waals surface area contributed by atoms with Crippen LogP contribution < -0.4 is 4.90 Å². The van der Waals surface area contributed by atoms with Gasteiger partial charge in [-0.15, -0.1) is 11.3 Å². The monoisotopic (exact) mass is 477 g/mol. The zero-order chi connectivity index (χ0) is 23.5. The van der Waals surface area contributed by atoms with Crippen LogP contribution in [0.2, 0.25) is 0 Å². The highest BCUT2D eigenvalue weighted by atomic mass is 32.1. The van der Waals surface area contributed by atoms with Crippen LogP contribution in [0.3, 0.4) is 0 Å². The van der Waals surface area contributed by atoms with Crippen molar-refractivity contribution in [3.05, 3.63) is 58.0 Å². The summed E-state index contributed by atoms with van der Waals surface area (Å²) in [6.45, 7) is 4.73. The van der Waals surface area contributed by atoms with Gasteiger partial charge in [-0.2, -0.15) is 0 Å². The molecule has 3 aromatic rings. The number of hydrogen-bond donors (Lipinski definition) is 0. The Morgan fingerprint density at radius 1 is 1.12 bits per heavy atom. The molecular formula is C25H27N5O3S. The van der Waals surface area contributed by atoms with Gasteiger partial charge in [0.05, 0.1) is 29.6 Å². The van der Waals surface area contributed by atoms with Gasteiger partial charge in [-0.05, 0) is 43.3 Å². The van der Waals surface area contributed by atoms with Crippen molar-refractivity contribution in [1.82, 2.24) is 19.9 Å². The molecule has 0 aromatic carbocycles. The van der Waals surface area contributed by atoms with Crippen LogP contribution in [0, 0.1) is 5.92 Å². The van der Waals surface area contributed by atoms with Gasteiger partial charge in [-0.25, -0.2) is 9.97 Å². The van der Waals surface area contributed by atoms with Crippen LogP contribution in [0.25, 0.3) is 11.5 Å². The van der Waals surface area contributed by atoms with Crippen molar-refractivity contribution in [3.63, 3.8) is 0 Å². The molecule has 0 saturated carbocycles. The van der Waals surface area contributed by atoms with Crippen molar-refractivity contribution < 1.29 is 14.3 Å². The van der Waals surface area contributed by atoms with E-state index in [-0.39, 0.29) is 17.8 Å². The third kappa shape index (κ3) is 4.52. The van der Waals surface area contributed by atoms with Crippen LogP contribution >= 0.6 is 11.3 Å². The smallest absolute Gasteiger partial charge is 0.309 e. The van der Waals surface area contributed by atoms with Crippen molar-refractivity contribution in [2.45, 2.75) is 32.7 Å². The number of aromatic nitrogens is 3. The normalized spacial score (nSPS) is 16.3. The molecule has 0 radical (unpaired) electrons. The fourth-order valence-electron chi connectivity index (χ4n) is 4.58. The number of piperidine rings is 1. The van der Waals surface area contributed by atoms with E-state index >= 15 is 0 Å².